The normalized spacial score (nSPS) is 20.3. The van der Waals surface area contributed by atoms with Crippen LogP contribution in [0.5, 0.6) is 11.5 Å². The summed E-state index contributed by atoms with van der Waals surface area (Å²) in [6.45, 7) is 6.36. The monoisotopic (exact) mass is 333 g/mol. The zero-order valence-corrected chi connectivity index (χ0v) is 14.0. The van der Waals surface area contributed by atoms with Gasteiger partial charge in [0.1, 0.15) is 12.6 Å². The van der Waals surface area contributed by atoms with Gasteiger partial charge in [0, 0.05) is 12.1 Å². The molecule has 1 fully saturated rings. The van der Waals surface area contributed by atoms with Crippen molar-refractivity contribution in [2.45, 2.75) is 25.8 Å². The van der Waals surface area contributed by atoms with Crippen LogP contribution in [0.15, 0.2) is 30.9 Å². The predicted molar refractivity (Wildman–Crippen MR) is 89.5 cm³/mol. The Morgan fingerprint density at radius 3 is 2.79 bits per heavy atom. The molecule has 130 valence electrons. The minimum atomic E-state index is -0.965. The van der Waals surface area contributed by atoms with Crippen molar-refractivity contribution in [1.29, 1.82) is 0 Å². The fraction of sp³-hybridized carbons (Fsp3) is 0.444. The minimum absolute atomic E-state index is 0.291. The van der Waals surface area contributed by atoms with Crippen molar-refractivity contribution in [2.24, 2.45) is 5.92 Å². The first-order chi connectivity index (χ1) is 11.5. The zero-order valence-electron chi connectivity index (χ0n) is 14.0. The summed E-state index contributed by atoms with van der Waals surface area (Å²) in [6.07, 6.45) is 2.89. The number of ether oxygens (including phenoxy) is 2. The molecule has 2 unspecified atom stereocenters. The van der Waals surface area contributed by atoms with E-state index in [1.165, 1.54) is 12.0 Å². The van der Waals surface area contributed by atoms with E-state index < -0.39 is 12.0 Å². The molecule has 1 aliphatic heterocycles. The number of rotatable bonds is 6. The van der Waals surface area contributed by atoms with E-state index in [1.54, 1.807) is 24.3 Å². The molecule has 0 aliphatic carbocycles. The number of amides is 1. The lowest BCUT2D eigenvalue weighted by Crippen LogP contribution is -2.49. The van der Waals surface area contributed by atoms with Crippen LogP contribution in [0.4, 0.5) is 0 Å². The maximum absolute atomic E-state index is 12.8. The van der Waals surface area contributed by atoms with Crippen molar-refractivity contribution in [3.8, 4) is 11.5 Å². The number of nitrogens with zero attached hydrogens (tertiary/aromatic N) is 1. The summed E-state index contributed by atoms with van der Waals surface area (Å²) < 4.78 is 10.7. The number of carbonyl (C=O) groups is 2. The van der Waals surface area contributed by atoms with Crippen LogP contribution in [0.3, 0.4) is 0 Å². The highest BCUT2D eigenvalue weighted by atomic mass is 16.5. The standard InChI is InChI=1S/C18H23NO5/c1-4-9-24-15-6-5-13(11-16(15)23-3)17(20)19-8-7-12(2)10-14(19)18(21)22/h4-6,11-12,14H,1,7-10H2,2-3H3,(H,21,22). The number of hydrogen-bond acceptors (Lipinski definition) is 4. The van der Waals surface area contributed by atoms with Gasteiger partial charge < -0.3 is 19.5 Å². The molecule has 1 aromatic rings. The molecule has 1 aromatic carbocycles. The summed E-state index contributed by atoms with van der Waals surface area (Å²) in [7, 11) is 1.49. The molecule has 2 atom stereocenters. The largest absolute Gasteiger partial charge is 0.493 e. The van der Waals surface area contributed by atoms with E-state index >= 15 is 0 Å². The summed E-state index contributed by atoms with van der Waals surface area (Å²) in [5.41, 5.74) is 0.388. The van der Waals surface area contributed by atoms with Crippen LogP contribution in [-0.4, -0.2) is 48.2 Å². The molecule has 6 heteroatoms. The van der Waals surface area contributed by atoms with Gasteiger partial charge in [-0.25, -0.2) is 4.79 Å². The van der Waals surface area contributed by atoms with E-state index in [0.29, 0.717) is 42.6 Å². The number of piperidine rings is 1. The van der Waals surface area contributed by atoms with E-state index in [-0.39, 0.29) is 5.91 Å². The lowest BCUT2D eigenvalue weighted by Gasteiger charge is -2.36. The Bertz CT molecular complexity index is 628. The number of carboxylic acid groups (broad SMARTS) is 1. The van der Waals surface area contributed by atoms with Crippen LogP contribution in [0.1, 0.15) is 30.1 Å². The average Bonchev–Trinajstić information content (AvgIpc) is 2.59. The van der Waals surface area contributed by atoms with Gasteiger partial charge in [-0.2, -0.15) is 0 Å². The molecular weight excluding hydrogens is 310 g/mol. The molecule has 1 saturated heterocycles. The highest BCUT2D eigenvalue weighted by molar-refractivity contribution is 5.97. The Morgan fingerprint density at radius 1 is 1.42 bits per heavy atom. The summed E-state index contributed by atoms with van der Waals surface area (Å²) in [5, 5.41) is 9.42. The Morgan fingerprint density at radius 2 is 2.17 bits per heavy atom. The number of likely N-dealkylation sites (tertiary alicyclic amines) is 1. The molecule has 1 heterocycles. The van der Waals surface area contributed by atoms with Gasteiger partial charge in [0.2, 0.25) is 0 Å². The first-order valence-corrected chi connectivity index (χ1v) is 7.93. The first-order valence-electron chi connectivity index (χ1n) is 7.93. The molecule has 1 amide bonds. The molecule has 1 aliphatic rings. The second-order valence-electron chi connectivity index (χ2n) is 5.95. The number of aliphatic carboxylic acids is 1. The lowest BCUT2D eigenvalue weighted by atomic mass is 9.92. The number of carbonyl (C=O) groups excluding carboxylic acids is 1. The molecule has 0 radical (unpaired) electrons. The van der Waals surface area contributed by atoms with Gasteiger partial charge in [-0.1, -0.05) is 19.6 Å². The van der Waals surface area contributed by atoms with Gasteiger partial charge in [-0.05, 0) is 37.0 Å². The van der Waals surface area contributed by atoms with E-state index in [4.69, 9.17) is 9.47 Å². The van der Waals surface area contributed by atoms with Crippen LogP contribution in [0.25, 0.3) is 0 Å². The average molecular weight is 333 g/mol. The topological polar surface area (TPSA) is 76.1 Å². The number of hydrogen-bond donors (Lipinski definition) is 1. The molecule has 1 N–H and O–H groups in total. The van der Waals surface area contributed by atoms with Gasteiger partial charge in [-0.15, -0.1) is 0 Å². The summed E-state index contributed by atoms with van der Waals surface area (Å²) in [5.74, 6) is -0.0361. The third-order valence-electron chi connectivity index (χ3n) is 4.18. The maximum Gasteiger partial charge on any atom is 0.326 e. The van der Waals surface area contributed by atoms with Crippen LogP contribution in [0, 0.1) is 5.92 Å². The Balaban J connectivity index is 2.24. The van der Waals surface area contributed by atoms with Gasteiger partial charge in [0.15, 0.2) is 11.5 Å². The van der Waals surface area contributed by atoms with Gasteiger partial charge in [0.05, 0.1) is 7.11 Å². The van der Waals surface area contributed by atoms with E-state index in [1.807, 2.05) is 6.92 Å². The lowest BCUT2D eigenvalue weighted by molar-refractivity contribution is -0.144. The van der Waals surface area contributed by atoms with Crippen LogP contribution < -0.4 is 9.47 Å². The van der Waals surface area contributed by atoms with Crippen molar-refractivity contribution < 1.29 is 24.2 Å². The van der Waals surface area contributed by atoms with Crippen molar-refractivity contribution in [3.63, 3.8) is 0 Å². The molecule has 2 rings (SSSR count). The predicted octanol–water partition coefficient (Wildman–Crippen LogP) is 2.59. The summed E-state index contributed by atoms with van der Waals surface area (Å²) >= 11 is 0. The number of benzene rings is 1. The fourth-order valence-corrected chi connectivity index (χ4v) is 2.85. The van der Waals surface area contributed by atoms with E-state index in [2.05, 4.69) is 6.58 Å². The molecule has 24 heavy (non-hydrogen) atoms. The van der Waals surface area contributed by atoms with Gasteiger partial charge in [-0.3, -0.25) is 4.79 Å². The van der Waals surface area contributed by atoms with Gasteiger partial charge in [0.25, 0.3) is 5.91 Å². The third kappa shape index (κ3) is 3.88. The van der Waals surface area contributed by atoms with Crippen LogP contribution in [0.2, 0.25) is 0 Å². The highest BCUT2D eigenvalue weighted by Gasteiger charge is 2.35. The zero-order chi connectivity index (χ0) is 17.7. The summed E-state index contributed by atoms with van der Waals surface area (Å²) in [6, 6.07) is 4.07. The SMILES string of the molecule is C=CCOc1ccc(C(=O)N2CCC(C)CC2C(=O)O)cc1OC. The molecule has 6 nitrogen and oxygen atoms in total. The first kappa shape index (κ1) is 17.8. The van der Waals surface area contributed by atoms with Crippen molar-refractivity contribution in [2.75, 3.05) is 20.3 Å². The quantitative estimate of drug-likeness (QED) is 0.810. The Labute approximate surface area is 141 Å². The maximum atomic E-state index is 12.8. The van der Waals surface area contributed by atoms with Crippen molar-refractivity contribution in [3.05, 3.63) is 36.4 Å². The van der Waals surface area contributed by atoms with Crippen molar-refractivity contribution in [1.82, 2.24) is 4.90 Å². The molecule has 0 aromatic heterocycles. The van der Waals surface area contributed by atoms with Crippen molar-refractivity contribution >= 4 is 11.9 Å². The molecule has 0 spiro atoms. The molecule has 0 bridgehead atoms. The molecular formula is C18H23NO5. The Kier molecular flexibility index (Phi) is 5.84. The van der Waals surface area contributed by atoms with Crippen LogP contribution >= 0.6 is 0 Å². The van der Waals surface area contributed by atoms with E-state index in [9.17, 15) is 14.7 Å². The number of methoxy groups -OCH3 is 1. The third-order valence-corrected chi connectivity index (χ3v) is 4.18. The molecule has 0 saturated carbocycles. The van der Waals surface area contributed by atoms with Gasteiger partial charge >= 0.3 is 5.97 Å². The fourth-order valence-electron chi connectivity index (χ4n) is 2.85. The van der Waals surface area contributed by atoms with Crippen LogP contribution in [-0.2, 0) is 4.79 Å². The minimum Gasteiger partial charge on any atom is -0.493 e. The number of carboxylic acids is 1. The Hall–Kier alpha value is -2.50. The smallest absolute Gasteiger partial charge is 0.326 e. The van der Waals surface area contributed by atoms with E-state index in [0.717, 1.165) is 6.42 Å². The summed E-state index contributed by atoms with van der Waals surface area (Å²) in [4.78, 5) is 25.7. The highest BCUT2D eigenvalue weighted by Crippen LogP contribution is 2.30. The second kappa shape index (κ2) is 7.86. The second-order valence-corrected chi connectivity index (χ2v) is 5.95.